The molecule has 0 aliphatic carbocycles. The van der Waals surface area contributed by atoms with Crippen molar-refractivity contribution in [3.8, 4) is 0 Å². The van der Waals surface area contributed by atoms with Crippen LogP contribution >= 0.6 is 0 Å². The Morgan fingerprint density at radius 1 is 1.37 bits per heavy atom. The zero-order valence-electron chi connectivity index (χ0n) is 11.9. The van der Waals surface area contributed by atoms with Gasteiger partial charge in [0.1, 0.15) is 0 Å². The fraction of sp³-hybridized carbons (Fsp3) is 0.400. The van der Waals surface area contributed by atoms with Crippen LogP contribution in [0.15, 0.2) is 36.4 Å². The van der Waals surface area contributed by atoms with Gasteiger partial charge < -0.3 is 9.16 Å². The Morgan fingerprint density at radius 2 is 2.05 bits per heavy atom. The van der Waals surface area contributed by atoms with E-state index in [4.69, 9.17) is 9.16 Å². The molecule has 0 fully saturated rings. The van der Waals surface area contributed by atoms with Crippen LogP contribution in [-0.2, 0) is 20.4 Å². The maximum absolute atomic E-state index is 11.2. The Hall–Kier alpha value is -1.39. The van der Waals surface area contributed by atoms with Crippen molar-refractivity contribution in [2.75, 3.05) is 13.7 Å². The smallest absolute Gasteiger partial charge is 0.333 e. The highest BCUT2D eigenvalue weighted by Crippen LogP contribution is 2.04. The van der Waals surface area contributed by atoms with Gasteiger partial charge in [-0.2, -0.15) is 0 Å². The summed E-state index contributed by atoms with van der Waals surface area (Å²) in [7, 11) is 0.826. The predicted molar refractivity (Wildman–Crippen MR) is 78.8 cm³/mol. The van der Waals surface area contributed by atoms with Gasteiger partial charge in [-0.3, -0.25) is 0 Å². The lowest BCUT2D eigenvalue weighted by Crippen LogP contribution is -2.32. The first-order chi connectivity index (χ1) is 9.06. The van der Waals surface area contributed by atoms with Gasteiger partial charge in [-0.05, 0) is 37.1 Å². The number of esters is 1. The highest BCUT2D eigenvalue weighted by Gasteiger charge is 2.12. The Morgan fingerprint density at radius 3 is 2.68 bits per heavy atom. The molecule has 0 spiro atoms. The quantitative estimate of drug-likeness (QED) is 0.332. The molecule has 0 aromatic heterocycles. The van der Waals surface area contributed by atoms with Crippen molar-refractivity contribution in [3.63, 3.8) is 0 Å². The summed E-state index contributed by atoms with van der Waals surface area (Å²) in [5, 5.41) is 1.29. The van der Waals surface area contributed by atoms with Crippen LogP contribution in [0.4, 0.5) is 0 Å². The molecule has 103 valence electrons. The molecule has 1 aromatic rings. The topological polar surface area (TPSA) is 35.5 Å². The van der Waals surface area contributed by atoms with E-state index in [0.717, 1.165) is 12.8 Å². The fourth-order valence-corrected chi connectivity index (χ4v) is 2.95. The number of carbonyl (C=O) groups is 1. The van der Waals surface area contributed by atoms with Crippen molar-refractivity contribution < 1.29 is 14.0 Å². The van der Waals surface area contributed by atoms with Gasteiger partial charge in [0.25, 0.3) is 0 Å². The van der Waals surface area contributed by atoms with E-state index < -0.39 is 9.04 Å². The standard InChI is InChI=1S/C15H21O3Si/c1-12(2)15(16)18-11-7-9-13-8-5-6-10-14(13)19(4)17-3/h5-6,8,10H,1,7,9,11H2,2-4H3. The van der Waals surface area contributed by atoms with E-state index in [1.54, 1.807) is 14.0 Å². The van der Waals surface area contributed by atoms with E-state index in [0.29, 0.717) is 12.2 Å². The average Bonchev–Trinajstić information content (AvgIpc) is 2.42. The molecular formula is C15H21O3Si. The van der Waals surface area contributed by atoms with Crippen LogP contribution in [0.1, 0.15) is 18.9 Å². The molecule has 1 aromatic carbocycles. The summed E-state index contributed by atoms with van der Waals surface area (Å²) in [6, 6.07) is 8.30. The largest absolute Gasteiger partial charge is 0.462 e. The molecule has 1 radical (unpaired) electrons. The molecule has 0 unspecified atom stereocenters. The van der Waals surface area contributed by atoms with E-state index in [1.807, 2.05) is 12.1 Å². The summed E-state index contributed by atoms with van der Waals surface area (Å²) in [5.41, 5.74) is 1.73. The minimum atomic E-state index is -0.924. The molecule has 0 aliphatic heterocycles. The number of benzene rings is 1. The summed E-state index contributed by atoms with van der Waals surface area (Å²) >= 11 is 0. The summed E-state index contributed by atoms with van der Waals surface area (Å²) in [6.07, 6.45) is 1.71. The minimum Gasteiger partial charge on any atom is -0.462 e. The van der Waals surface area contributed by atoms with Gasteiger partial charge in [0.2, 0.25) is 9.04 Å². The van der Waals surface area contributed by atoms with Crippen molar-refractivity contribution in [2.24, 2.45) is 0 Å². The number of hydrogen-bond donors (Lipinski definition) is 0. The normalized spacial score (nSPS) is 10.5. The molecule has 1 rings (SSSR count). The van der Waals surface area contributed by atoms with Gasteiger partial charge in [0.15, 0.2) is 0 Å². The Kier molecular flexibility index (Phi) is 6.52. The van der Waals surface area contributed by atoms with Crippen LogP contribution in [0.2, 0.25) is 6.55 Å². The summed E-state index contributed by atoms with van der Waals surface area (Å²) in [4.78, 5) is 11.2. The number of ether oxygens (including phenoxy) is 1. The van der Waals surface area contributed by atoms with Crippen LogP contribution in [-0.4, -0.2) is 28.7 Å². The lowest BCUT2D eigenvalue weighted by Gasteiger charge is -2.13. The van der Waals surface area contributed by atoms with E-state index >= 15 is 0 Å². The van der Waals surface area contributed by atoms with Gasteiger partial charge in [-0.1, -0.05) is 30.8 Å². The van der Waals surface area contributed by atoms with Gasteiger partial charge in [-0.25, -0.2) is 4.79 Å². The molecular weight excluding hydrogens is 256 g/mol. The molecule has 0 atom stereocenters. The third-order valence-corrected chi connectivity index (χ3v) is 4.73. The Balaban J connectivity index is 2.49. The molecule has 19 heavy (non-hydrogen) atoms. The second-order valence-electron chi connectivity index (χ2n) is 4.44. The molecule has 3 nitrogen and oxygen atoms in total. The molecule has 0 amide bonds. The van der Waals surface area contributed by atoms with Crippen LogP contribution in [0.25, 0.3) is 0 Å². The second kappa shape index (κ2) is 7.91. The summed E-state index contributed by atoms with van der Waals surface area (Å²) in [5.74, 6) is -0.314. The molecule has 0 aliphatic rings. The van der Waals surface area contributed by atoms with Gasteiger partial charge in [0, 0.05) is 12.7 Å². The van der Waals surface area contributed by atoms with Crippen LogP contribution in [0.3, 0.4) is 0 Å². The van der Waals surface area contributed by atoms with Crippen molar-refractivity contribution >= 4 is 20.2 Å². The summed E-state index contributed by atoms with van der Waals surface area (Å²) in [6.45, 7) is 7.77. The third kappa shape index (κ3) is 5.01. The first-order valence-electron chi connectivity index (χ1n) is 6.34. The van der Waals surface area contributed by atoms with Gasteiger partial charge >= 0.3 is 5.97 Å². The van der Waals surface area contributed by atoms with Crippen molar-refractivity contribution in [1.29, 1.82) is 0 Å². The molecule has 0 N–H and O–H groups in total. The van der Waals surface area contributed by atoms with Gasteiger partial charge in [-0.15, -0.1) is 0 Å². The fourth-order valence-electron chi connectivity index (χ4n) is 1.74. The van der Waals surface area contributed by atoms with Gasteiger partial charge in [0.05, 0.1) is 6.61 Å². The maximum atomic E-state index is 11.2. The lowest BCUT2D eigenvalue weighted by atomic mass is 10.1. The highest BCUT2D eigenvalue weighted by molar-refractivity contribution is 6.66. The first kappa shape index (κ1) is 15.7. The van der Waals surface area contributed by atoms with Crippen molar-refractivity contribution in [1.82, 2.24) is 0 Å². The first-order valence-corrected chi connectivity index (χ1v) is 8.25. The van der Waals surface area contributed by atoms with E-state index in [-0.39, 0.29) is 5.97 Å². The number of carbonyl (C=O) groups excluding carboxylic acids is 1. The molecule has 4 heteroatoms. The molecule has 0 saturated carbocycles. The molecule has 0 heterocycles. The van der Waals surface area contributed by atoms with Crippen LogP contribution < -0.4 is 5.19 Å². The highest BCUT2D eigenvalue weighted by atomic mass is 28.3. The number of hydrogen-bond acceptors (Lipinski definition) is 3. The molecule has 0 bridgehead atoms. The Bertz CT molecular complexity index is 443. The number of rotatable bonds is 7. The zero-order valence-corrected chi connectivity index (χ0v) is 12.9. The third-order valence-electron chi connectivity index (χ3n) is 2.87. The van der Waals surface area contributed by atoms with Crippen LogP contribution in [0, 0.1) is 0 Å². The summed E-state index contributed by atoms with van der Waals surface area (Å²) < 4.78 is 10.5. The number of aryl methyl sites for hydroxylation is 1. The van der Waals surface area contributed by atoms with E-state index in [9.17, 15) is 4.79 Å². The van der Waals surface area contributed by atoms with Crippen molar-refractivity contribution in [3.05, 3.63) is 42.0 Å². The average molecular weight is 277 g/mol. The predicted octanol–water partition coefficient (Wildman–Crippen LogP) is 2.21. The monoisotopic (exact) mass is 277 g/mol. The zero-order chi connectivity index (χ0) is 14.3. The van der Waals surface area contributed by atoms with Crippen molar-refractivity contribution in [2.45, 2.75) is 26.3 Å². The molecule has 0 saturated heterocycles. The maximum Gasteiger partial charge on any atom is 0.333 e. The SMILES string of the molecule is C=C(C)C(=O)OCCCc1ccccc1[Si](C)OC. The van der Waals surface area contributed by atoms with E-state index in [1.165, 1.54) is 10.8 Å². The Labute approximate surface area is 117 Å². The second-order valence-corrected chi connectivity index (χ2v) is 6.50. The lowest BCUT2D eigenvalue weighted by molar-refractivity contribution is -0.139. The van der Waals surface area contributed by atoms with E-state index in [2.05, 4.69) is 25.3 Å². The minimum absolute atomic E-state index is 0.314. The van der Waals surface area contributed by atoms with Crippen LogP contribution in [0.5, 0.6) is 0 Å².